The van der Waals surface area contributed by atoms with Crippen LogP contribution in [0.3, 0.4) is 0 Å². The SMILES string of the molecule is COc1cccc([C@@H]2Nc3c(C(=O)O)cccc3[C@H]3[C@H]4CC[C@H](C4)[C@H]32)c1OC. The minimum Gasteiger partial charge on any atom is -0.493 e. The first-order valence-electron chi connectivity index (χ1n) is 9.97. The average molecular weight is 379 g/mol. The van der Waals surface area contributed by atoms with E-state index in [1.165, 1.54) is 24.8 Å². The Hall–Kier alpha value is -2.69. The number of aromatic carboxylic acids is 1. The summed E-state index contributed by atoms with van der Waals surface area (Å²) in [7, 11) is 3.31. The quantitative estimate of drug-likeness (QED) is 0.806. The molecule has 5 heteroatoms. The molecule has 0 amide bonds. The van der Waals surface area contributed by atoms with Gasteiger partial charge in [0, 0.05) is 5.56 Å². The van der Waals surface area contributed by atoms with Gasteiger partial charge in [0.15, 0.2) is 11.5 Å². The molecule has 2 aliphatic carbocycles. The molecular formula is C23H25NO4. The number of carboxylic acid groups (broad SMARTS) is 1. The second kappa shape index (κ2) is 6.43. The highest BCUT2D eigenvalue weighted by Crippen LogP contribution is 2.64. The molecule has 2 aromatic carbocycles. The molecule has 0 saturated heterocycles. The molecule has 146 valence electrons. The van der Waals surface area contributed by atoms with Crippen molar-refractivity contribution in [3.63, 3.8) is 0 Å². The molecule has 2 saturated carbocycles. The summed E-state index contributed by atoms with van der Waals surface area (Å²) in [4.78, 5) is 11.9. The van der Waals surface area contributed by atoms with Crippen LogP contribution in [0.15, 0.2) is 36.4 Å². The van der Waals surface area contributed by atoms with Crippen LogP contribution in [0.5, 0.6) is 11.5 Å². The maximum Gasteiger partial charge on any atom is 0.337 e. The lowest BCUT2D eigenvalue weighted by atomic mass is 9.67. The van der Waals surface area contributed by atoms with Crippen molar-refractivity contribution in [1.82, 2.24) is 0 Å². The van der Waals surface area contributed by atoms with Crippen molar-refractivity contribution in [2.75, 3.05) is 19.5 Å². The van der Waals surface area contributed by atoms with Gasteiger partial charge in [0.2, 0.25) is 0 Å². The van der Waals surface area contributed by atoms with Crippen LogP contribution in [-0.4, -0.2) is 25.3 Å². The fraction of sp³-hybridized carbons (Fsp3) is 0.435. The standard InChI is InChI=1S/C23H25NO4/c1-27-17-8-4-6-15(22(17)28-2)21-19-13-10-9-12(11-13)18(19)14-5-3-7-16(23(25)26)20(14)24-21/h3-8,12-13,18-19,21,24H,9-11H2,1-2H3,(H,25,26)/t12-,13+,18+,19+,21-/m0/s1. The number of methoxy groups -OCH3 is 2. The zero-order chi connectivity index (χ0) is 19.4. The molecule has 5 nitrogen and oxygen atoms in total. The van der Waals surface area contributed by atoms with Crippen LogP contribution in [-0.2, 0) is 0 Å². The van der Waals surface area contributed by atoms with Crippen molar-refractivity contribution in [2.24, 2.45) is 17.8 Å². The van der Waals surface area contributed by atoms with E-state index in [1.54, 1.807) is 20.3 Å². The molecule has 0 unspecified atom stereocenters. The van der Waals surface area contributed by atoms with Gasteiger partial charge in [-0.1, -0.05) is 24.3 Å². The van der Waals surface area contributed by atoms with E-state index in [2.05, 4.69) is 17.4 Å². The van der Waals surface area contributed by atoms with E-state index in [9.17, 15) is 9.90 Å². The Morgan fingerprint density at radius 3 is 2.54 bits per heavy atom. The third-order valence-corrected chi connectivity index (χ3v) is 7.12. The summed E-state index contributed by atoms with van der Waals surface area (Å²) in [6.45, 7) is 0. The third-order valence-electron chi connectivity index (χ3n) is 7.12. The van der Waals surface area contributed by atoms with Crippen molar-refractivity contribution in [3.8, 4) is 11.5 Å². The third kappa shape index (κ3) is 2.35. The summed E-state index contributed by atoms with van der Waals surface area (Å²) in [5.41, 5.74) is 3.36. The zero-order valence-electron chi connectivity index (χ0n) is 16.1. The minimum absolute atomic E-state index is 0.0124. The fourth-order valence-electron chi connectivity index (χ4n) is 6.16. The molecule has 2 aromatic rings. The predicted molar refractivity (Wildman–Crippen MR) is 106 cm³/mol. The number of ether oxygens (including phenoxy) is 2. The van der Waals surface area contributed by atoms with Gasteiger partial charge in [-0.2, -0.15) is 0 Å². The Labute approximate surface area is 164 Å². The second-order valence-electron chi connectivity index (χ2n) is 8.22. The van der Waals surface area contributed by atoms with E-state index < -0.39 is 5.97 Å². The minimum atomic E-state index is -0.887. The Morgan fingerprint density at radius 1 is 1.04 bits per heavy atom. The summed E-state index contributed by atoms with van der Waals surface area (Å²) >= 11 is 0. The summed E-state index contributed by atoms with van der Waals surface area (Å²) in [5, 5.41) is 13.4. The fourth-order valence-corrected chi connectivity index (χ4v) is 6.16. The molecule has 0 spiro atoms. The highest BCUT2D eigenvalue weighted by atomic mass is 16.5. The van der Waals surface area contributed by atoms with Crippen LogP contribution < -0.4 is 14.8 Å². The molecule has 1 heterocycles. The highest BCUT2D eigenvalue weighted by molar-refractivity contribution is 5.95. The van der Waals surface area contributed by atoms with Crippen LogP contribution >= 0.6 is 0 Å². The van der Waals surface area contributed by atoms with E-state index in [0.717, 1.165) is 17.0 Å². The zero-order valence-corrected chi connectivity index (χ0v) is 16.1. The van der Waals surface area contributed by atoms with E-state index in [4.69, 9.17) is 9.47 Å². The number of para-hydroxylation sites is 2. The Morgan fingerprint density at radius 2 is 1.79 bits per heavy atom. The summed E-state index contributed by atoms with van der Waals surface area (Å²) in [6.07, 6.45) is 3.73. The van der Waals surface area contributed by atoms with Crippen LogP contribution in [0, 0.1) is 17.8 Å². The Bertz CT molecular complexity index is 940. The summed E-state index contributed by atoms with van der Waals surface area (Å²) < 4.78 is 11.3. The number of rotatable bonds is 4. The molecule has 2 bridgehead atoms. The molecule has 28 heavy (non-hydrogen) atoms. The highest BCUT2D eigenvalue weighted by Gasteiger charge is 2.54. The smallest absolute Gasteiger partial charge is 0.337 e. The molecule has 5 atom stereocenters. The molecule has 3 aliphatic rings. The number of carboxylic acids is 1. The first-order chi connectivity index (χ1) is 13.6. The molecule has 0 radical (unpaired) electrons. The maximum absolute atomic E-state index is 11.9. The van der Waals surface area contributed by atoms with Gasteiger partial charge in [-0.05, 0) is 60.6 Å². The number of anilines is 1. The number of hydrogen-bond donors (Lipinski definition) is 2. The average Bonchev–Trinajstić information content (AvgIpc) is 3.34. The lowest BCUT2D eigenvalue weighted by Gasteiger charge is -2.44. The van der Waals surface area contributed by atoms with Gasteiger partial charge in [0.25, 0.3) is 0 Å². The lowest BCUT2D eigenvalue weighted by Crippen LogP contribution is -2.36. The Kier molecular flexibility index (Phi) is 4.00. The predicted octanol–water partition coefficient (Wildman–Crippen LogP) is 4.70. The number of fused-ring (bicyclic) bond motifs is 7. The largest absolute Gasteiger partial charge is 0.493 e. The molecule has 2 N–H and O–H groups in total. The molecule has 1 aliphatic heterocycles. The summed E-state index contributed by atoms with van der Waals surface area (Å²) in [6, 6.07) is 11.7. The van der Waals surface area contributed by atoms with E-state index in [0.29, 0.717) is 35.0 Å². The van der Waals surface area contributed by atoms with E-state index in [-0.39, 0.29) is 6.04 Å². The first kappa shape index (κ1) is 17.4. The van der Waals surface area contributed by atoms with E-state index >= 15 is 0 Å². The van der Waals surface area contributed by atoms with Crippen molar-refractivity contribution in [1.29, 1.82) is 0 Å². The van der Waals surface area contributed by atoms with Crippen molar-refractivity contribution < 1.29 is 19.4 Å². The van der Waals surface area contributed by atoms with Crippen LogP contribution in [0.25, 0.3) is 0 Å². The van der Waals surface area contributed by atoms with E-state index in [1.807, 2.05) is 18.2 Å². The summed E-state index contributed by atoms with van der Waals surface area (Å²) in [5.74, 6) is 2.69. The maximum atomic E-state index is 11.9. The number of nitrogens with one attached hydrogen (secondary N) is 1. The number of carbonyl (C=O) groups is 1. The van der Waals surface area contributed by atoms with Crippen LogP contribution in [0.2, 0.25) is 0 Å². The van der Waals surface area contributed by atoms with Crippen LogP contribution in [0.4, 0.5) is 5.69 Å². The molecule has 0 aromatic heterocycles. The molecule has 5 rings (SSSR count). The molecular weight excluding hydrogens is 354 g/mol. The topological polar surface area (TPSA) is 67.8 Å². The number of hydrogen-bond acceptors (Lipinski definition) is 4. The normalized spacial score (nSPS) is 29.6. The van der Waals surface area contributed by atoms with Gasteiger partial charge in [0.05, 0.1) is 31.5 Å². The first-order valence-corrected chi connectivity index (χ1v) is 9.97. The lowest BCUT2D eigenvalue weighted by molar-refractivity contribution is 0.0697. The number of benzene rings is 2. The van der Waals surface area contributed by atoms with Gasteiger partial charge >= 0.3 is 5.97 Å². The second-order valence-corrected chi connectivity index (χ2v) is 8.22. The van der Waals surface area contributed by atoms with Gasteiger partial charge in [-0.15, -0.1) is 0 Å². The van der Waals surface area contributed by atoms with Gasteiger partial charge in [0.1, 0.15) is 0 Å². The monoisotopic (exact) mass is 379 g/mol. The van der Waals surface area contributed by atoms with Crippen molar-refractivity contribution >= 4 is 11.7 Å². The Balaban J connectivity index is 1.70. The van der Waals surface area contributed by atoms with Crippen molar-refractivity contribution in [3.05, 3.63) is 53.1 Å². The molecule has 2 fully saturated rings. The van der Waals surface area contributed by atoms with Gasteiger partial charge in [-0.25, -0.2) is 4.79 Å². The van der Waals surface area contributed by atoms with Gasteiger partial charge in [-0.3, -0.25) is 0 Å². The van der Waals surface area contributed by atoms with Crippen molar-refractivity contribution in [2.45, 2.75) is 31.2 Å². The van der Waals surface area contributed by atoms with Gasteiger partial charge < -0.3 is 19.9 Å². The van der Waals surface area contributed by atoms with Crippen LogP contribution in [0.1, 0.15) is 52.7 Å².